The number of rotatable bonds is 4. The Labute approximate surface area is 110 Å². The Balaban J connectivity index is 1.97. The molecule has 1 aliphatic carbocycles. The molecule has 2 rings (SSSR count). The van der Waals surface area contributed by atoms with E-state index in [0.717, 1.165) is 32.4 Å². The van der Waals surface area contributed by atoms with Crippen molar-refractivity contribution < 1.29 is 9.53 Å². The number of likely N-dealkylation sites (tertiary alicyclic amines) is 1. The van der Waals surface area contributed by atoms with Crippen LogP contribution in [0.25, 0.3) is 0 Å². The molecule has 2 N–H and O–H groups in total. The van der Waals surface area contributed by atoms with E-state index >= 15 is 0 Å². The molecule has 2 atom stereocenters. The van der Waals surface area contributed by atoms with Gasteiger partial charge < -0.3 is 15.4 Å². The summed E-state index contributed by atoms with van der Waals surface area (Å²) in [5.74, 6) is 0.279. The summed E-state index contributed by atoms with van der Waals surface area (Å²) in [6.07, 6.45) is 7.69. The molecule has 0 aromatic carbocycles. The Bertz CT molecular complexity index is 296. The molecule has 2 aliphatic rings. The largest absolute Gasteiger partial charge is 0.381 e. The molecule has 1 heterocycles. The van der Waals surface area contributed by atoms with E-state index in [0.29, 0.717) is 19.1 Å². The molecule has 18 heavy (non-hydrogen) atoms. The fraction of sp³-hybridized carbons (Fsp3) is 0.929. The highest BCUT2D eigenvalue weighted by Crippen LogP contribution is 2.46. The molecule has 2 fully saturated rings. The summed E-state index contributed by atoms with van der Waals surface area (Å²) in [4.78, 5) is 14.2. The smallest absolute Gasteiger partial charge is 0.222 e. The number of piperidine rings is 1. The van der Waals surface area contributed by atoms with E-state index in [9.17, 15) is 4.79 Å². The maximum atomic E-state index is 12.1. The molecule has 0 aromatic heterocycles. The lowest BCUT2D eigenvalue weighted by atomic mass is 9.76. The lowest BCUT2D eigenvalue weighted by Crippen LogP contribution is -2.49. The Morgan fingerprint density at radius 3 is 2.94 bits per heavy atom. The van der Waals surface area contributed by atoms with Crippen LogP contribution < -0.4 is 5.73 Å². The van der Waals surface area contributed by atoms with E-state index in [2.05, 4.69) is 4.90 Å². The van der Waals surface area contributed by atoms with E-state index in [1.54, 1.807) is 0 Å². The fourth-order valence-corrected chi connectivity index (χ4v) is 3.73. The first kappa shape index (κ1) is 13.8. The second-order valence-electron chi connectivity index (χ2n) is 5.79. The van der Waals surface area contributed by atoms with Gasteiger partial charge in [0, 0.05) is 32.0 Å². The van der Waals surface area contributed by atoms with Crippen LogP contribution in [-0.2, 0) is 9.53 Å². The number of ether oxygens (including phenoxy) is 1. The van der Waals surface area contributed by atoms with Crippen LogP contribution in [0.4, 0.5) is 0 Å². The summed E-state index contributed by atoms with van der Waals surface area (Å²) in [6, 6.07) is 0. The number of methoxy groups -OCH3 is 1. The average Bonchev–Trinajstić information content (AvgIpc) is 2.78. The van der Waals surface area contributed by atoms with Crippen LogP contribution in [0.1, 0.15) is 44.9 Å². The first-order chi connectivity index (χ1) is 8.72. The van der Waals surface area contributed by atoms with Crippen molar-refractivity contribution >= 4 is 5.91 Å². The van der Waals surface area contributed by atoms with Crippen LogP contribution >= 0.6 is 0 Å². The van der Waals surface area contributed by atoms with Crippen molar-refractivity contribution in [3.8, 4) is 0 Å². The Kier molecular flexibility index (Phi) is 4.62. The molecule has 0 radical (unpaired) electrons. The van der Waals surface area contributed by atoms with Crippen LogP contribution in [-0.4, -0.2) is 43.7 Å². The van der Waals surface area contributed by atoms with Crippen LogP contribution in [0, 0.1) is 5.41 Å². The molecule has 1 saturated heterocycles. The number of nitrogens with zero attached hydrogens (tertiary/aromatic N) is 1. The molecule has 1 saturated carbocycles. The Morgan fingerprint density at radius 2 is 2.22 bits per heavy atom. The summed E-state index contributed by atoms with van der Waals surface area (Å²) < 4.78 is 5.66. The van der Waals surface area contributed by atoms with Crippen molar-refractivity contribution in [2.45, 2.75) is 51.0 Å². The van der Waals surface area contributed by atoms with Crippen molar-refractivity contribution in [3.05, 3.63) is 0 Å². The van der Waals surface area contributed by atoms with E-state index in [4.69, 9.17) is 10.5 Å². The third kappa shape index (κ3) is 2.69. The summed E-state index contributed by atoms with van der Waals surface area (Å²) in [5, 5.41) is 0. The normalized spacial score (nSPS) is 32.1. The summed E-state index contributed by atoms with van der Waals surface area (Å²) in [7, 11) is 1.81. The van der Waals surface area contributed by atoms with Gasteiger partial charge in [-0.2, -0.15) is 0 Å². The molecular weight excluding hydrogens is 228 g/mol. The van der Waals surface area contributed by atoms with E-state index in [-0.39, 0.29) is 11.3 Å². The van der Waals surface area contributed by atoms with Crippen LogP contribution in [0.5, 0.6) is 0 Å². The summed E-state index contributed by atoms with van der Waals surface area (Å²) >= 11 is 0. The van der Waals surface area contributed by atoms with E-state index < -0.39 is 0 Å². The van der Waals surface area contributed by atoms with Crippen molar-refractivity contribution in [2.24, 2.45) is 11.1 Å². The first-order valence-electron chi connectivity index (χ1n) is 7.22. The van der Waals surface area contributed by atoms with Crippen molar-refractivity contribution in [1.82, 2.24) is 4.90 Å². The van der Waals surface area contributed by atoms with Gasteiger partial charge in [0.25, 0.3) is 0 Å². The van der Waals surface area contributed by atoms with Gasteiger partial charge >= 0.3 is 0 Å². The minimum atomic E-state index is 0.241. The zero-order valence-electron chi connectivity index (χ0n) is 11.5. The molecule has 1 spiro atoms. The monoisotopic (exact) mass is 254 g/mol. The zero-order valence-corrected chi connectivity index (χ0v) is 11.5. The molecule has 104 valence electrons. The molecule has 1 amide bonds. The average molecular weight is 254 g/mol. The van der Waals surface area contributed by atoms with Gasteiger partial charge in [-0.05, 0) is 38.6 Å². The third-order valence-electron chi connectivity index (χ3n) is 4.66. The minimum absolute atomic E-state index is 0.241. The first-order valence-corrected chi connectivity index (χ1v) is 7.22. The van der Waals surface area contributed by atoms with Crippen LogP contribution in [0.15, 0.2) is 0 Å². The zero-order chi connectivity index (χ0) is 13.0. The second-order valence-corrected chi connectivity index (χ2v) is 5.79. The molecule has 0 bridgehead atoms. The van der Waals surface area contributed by atoms with Crippen molar-refractivity contribution in [1.29, 1.82) is 0 Å². The third-order valence-corrected chi connectivity index (χ3v) is 4.66. The summed E-state index contributed by atoms with van der Waals surface area (Å²) in [6.45, 7) is 2.42. The predicted octanol–water partition coefficient (Wildman–Crippen LogP) is 1.53. The number of nitrogens with two attached hydrogens (primary N) is 1. The topological polar surface area (TPSA) is 55.6 Å². The quantitative estimate of drug-likeness (QED) is 0.828. The second kappa shape index (κ2) is 6.02. The van der Waals surface area contributed by atoms with Crippen LogP contribution in [0.3, 0.4) is 0 Å². The maximum absolute atomic E-state index is 12.1. The van der Waals surface area contributed by atoms with E-state index in [1.807, 2.05) is 7.11 Å². The number of amides is 1. The standard InChI is InChI=1S/C14H26N2O2/c1-18-12-5-2-7-14(12)8-4-10-16(11-14)13(17)6-3-9-15/h12H,2-11,15H2,1H3/t12-,14+/m1/s1. The van der Waals surface area contributed by atoms with Gasteiger partial charge in [0.15, 0.2) is 0 Å². The molecular formula is C14H26N2O2. The van der Waals surface area contributed by atoms with Gasteiger partial charge in [0.05, 0.1) is 6.10 Å². The Morgan fingerprint density at radius 1 is 1.44 bits per heavy atom. The highest BCUT2D eigenvalue weighted by molar-refractivity contribution is 5.76. The number of hydrogen-bond acceptors (Lipinski definition) is 3. The van der Waals surface area contributed by atoms with Gasteiger partial charge in [0.1, 0.15) is 0 Å². The van der Waals surface area contributed by atoms with Crippen LogP contribution in [0.2, 0.25) is 0 Å². The number of carbonyl (C=O) groups excluding carboxylic acids is 1. The Hall–Kier alpha value is -0.610. The highest BCUT2D eigenvalue weighted by Gasteiger charge is 2.46. The van der Waals surface area contributed by atoms with Crippen molar-refractivity contribution in [3.63, 3.8) is 0 Å². The van der Waals surface area contributed by atoms with Gasteiger partial charge in [-0.25, -0.2) is 0 Å². The van der Waals surface area contributed by atoms with Gasteiger partial charge in [-0.1, -0.05) is 6.42 Å². The lowest BCUT2D eigenvalue weighted by Gasteiger charge is -2.43. The molecule has 1 aliphatic heterocycles. The SMILES string of the molecule is CO[C@@H]1CCC[C@@]12CCCN(C(=O)CCCN)C2. The number of hydrogen-bond donors (Lipinski definition) is 1. The number of carbonyl (C=O) groups is 1. The van der Waals surface area contributed by atoms with Crippen molar-refractivity contribution in [2.75, 3.05) is 26.7 Å². The predicted molar refractivity (Wildman–Crippen MR) is 71.2 cm³/mol. The highest BCUT2D eigenvalue weighted by atomic mass is 16.5. The molecule has 0 aromatic rings. The maximum Gasteiger partial charge on any atom is 0.222 e. The molecule has 0 unspecified atom stereocenters. The van der Waals surface area contributed by atoms with E-state index in [1.165, 1.54) is 19.3 Å². The minimum Gasteiger partial charge on any atom is -0.381 e. The lowest BCUT2D eigenvalue weighted by molar-refractivity contribution is -0.137. The summed E-state index contributed by atoms with van der Waals surface area (Å²) in [5.41, 5.74) is 5.72. The van der Waals surface area contributed by atoms with Gasteiger partial charge in [-0.3, -0.25) is 4.79 Å². The molecule has 4 heteroatoms. The fourth-order valence-electron chi connectivity index (χ4n) is 3.73. The molecule has 4 nitrogen and oxygen atoms in total. The van der Waals surface area contributed by atoms with Gasteiger partial charge in [-0.15, -0.1) is 0 Å². The van der Waals surface area contributed by atoms with Gasteiger partial charge in [0.2, 0.25) is 5.91 Å².